The van der Waals surface area contributed by atoms with Crippen LogP contribution in [0.5, 0.6) is 17.2 Å². The van der Waals surface area contributed by atoms with Gasteiger partial charge in [-0.15, -0.1) is 0 Å². The van der Waals surface area contributed by atoms with Crippen molar-refractivity contribution >= 4 is 55.6 Å². The second-order valence-corrected chi connectivity index (χ2v) is 10.5. The van der Waals surface area contributed by atoms with Crippen LogP contribution in [0.25, 0.3) is 0 Å². The zero-order valence-electron chi connectivity index (χ0n) is 16.4. The molecule has 0 aliphatic rings. The summed E-state index contributed by atoms with van der Waals surface area (Å²) in [5, 5.41) is 0. The standard InChI is InChI=1S/C22H20Br3O4P/c1-3-15-7-5-9-18(11-15)27-30(26,28-19-10-6-8-16(4-2)12-19)29-22-20(24)13-17(23)14-21(22)25/h5-14H,3-4H2,1-2H3. The molecule has 0 saturated carbocycles. The Hall–Kier alpha value is -1.27. The highest BCUT2D eigenvalue weighted by molar-refractivity contribution is 9.11. The van der Waals surface area contributed by atoms with E-state index in [0.29, 0.717) is 26.2 Å². The minimum Gasteiger partial charge on any atom is -0.386 e. The molecule has 0 bridgehead atoms. The summed E-state index contributed by atoms with van der Waals surface area (Å²) in [6.07, 6.45) is 1.65. The van der Waals surface area contributed by atoms with E-state index in [1.54, 1.807) is 24.3 Å². The van der Waals surface area contributed by atoms with Crippen molar-refractivity contribution in [3.8, 4) is 17.2 Å². The van der Waals surface area contributed by atoms with E-state index in [0.717, 1.165) is 28.4 Å². The Kier molecular flexibility index (Phi) is 8.08. The maximum Gasteiger partial charge on any atom is 0.647 e. The van der Waals surface area contributed by atoms with Crippen LogP contribution in [0.15, 0.2) is 74.1 Å². The zero-order chi connectivity index (χ0) is 21.7. The second-order valence-electron chi connectivity index (χ2n) is 6.42. The summed E-state index contributed by atoms with van der Waals surface area (Å²) < 4.78 is 33.3. The fourth-order valence-corrected chi connectivity index (χ4v) is 6.63. The molecule has 0 aliphatic carbocycles. The van der Waals surface area contributed by atoms with Gasteiger partial charge in [-0.2, -0.15) is 4.57 Å². The van der Waals surface area contributed by atoms with Gasteiger partial charge in [0.05, 0.1) is 8.95 Å². The van der Waals surface area contributed by atoms with Crippen LogP contribution in [-0.4, -0.2) is 0 Å². The molecule has 0 aliphatic heterocycles. The first-order valence-electron chi connectivity index (χ1n) is 9.33. The molecule has 0 radical (unpaired) electrons. The van der Waals surface area contributed by atoms with Crippen molar-refractivity contribution in [1.82, 2.24) is 0 Å². The van der Waals surface area contributed by atoms with Crippen LogP contribution in [-0.2, 0) is 17.4 Å². The molecule has 0 saturated heterocycles. The van der Waals surface area contributed by atoms with E-state index >= 15 is 0 Å². The monoisotopic (exact) mass is 616 g/mol. The predicted octanol–water partition coefficient (Wildman–Crippen LogP) is 8.74. The number of halogens is 3. The Morgan fingerprint density at radius 1 is 0.733 bits per heavy atom. The van der Waals surface area contributed by atoms with Crippen LogP contribution < -0.4 is 13.6 Å². The van der Waals surface area contributed by atoms with Crippen LogP contribution in [0.3, 0.4) is 0 Å². The molecule has 3 aromatic carbocycles. The molecular formula is C22H20Br3O4P. The summed E-state index contributed by atoms with van der Waals surface area (Å²) >= 11 is 10.3. The number of aryl methyl sites for hydroxylation is 2. The zero-order valence-corrected chi connectivity index (χ0v) is 22.1. The Morgan fingerprint density at radius 2 is 1.20 bits per heavy atom. The lowest BCUT2D eigenvalue weighted by molar-refractivity contribution is 0.297. The smallest absolute Gasteiger partial charge is 0.386 e. The van der Waals surface area contributed by atoms with E-state index < -0.39 is 7.82 Å². The number of phosphoric acid groups is 1. The molecule has 30 heavy (non-hydrogen) atoms. The molecule has 0 aromatic heterocycles. The van der Waals surface area contributed by atoms with Gasteiger partial charge in [-0.25, -0.2) is 0 Å². The number of benzene rings is 3. The van der Waals surface area contributed by atoms with Gasteiger partial charge in [-0.3, -0.25) is 0 Å². The van der Waals surface area contributed by atoms with Crippen LogP contribution in [0.2, 0.25) is 0 Å². The van der Waals surface area contributed by atoms with Crippen molar-refractivity contribution in [2.75, 3.05) is 0 Å². The normalized spacial score (nSPS) is 11.2. The third kappa shape index (κ3) is 6.13. The maximum absolute atomic E-state index is 13.8. The topological polar surface area (TPSA) is 44.8 Å². The summed E-state index contributed by atoms with van der Waals surface area (Å²) in [5.74, 6) is 1.14. The molecule has 0 heterocycles. The molecule has 158 valence electrons. The second kappa shape index (κ2) is 10.4. The van der Waals surface area contributed by atoms with Gasteiger partial charge in [0.1, 0.15) is 11.5 Å². The van der Waals surface area contributed by atoms with E-state index in [2.05, 4.69) is 47.8 Å². The number of hydrogen-bond donors (Lipinski definition) is 0. The van der Waals surface area contributed by atoms with Gasteiger partial charge < -0.3 is 13.6 Å². The first-order chi connectivity index (χ1) is 14.3. The predicted molar refractivity (Wildman–Crippen MR) is 131 cm³/mol. The Balaban J connectivity index is 1.99. The van der Waals surface area contributed by atoms with E-state index in [-0.39, 0.29) is 0 Å². The molecule has 3 rings (SSSR count). The SMILES string of the molecule is CCc1cccc(OP(=O)(Oc2cccc(CC)c2)Oc2c(Br)cc(Br)cc2Br)c1. The molecule has 0 spiro atoms. The minimum absolute atomic E-state index is 0.319. The average Bonchev–Trinajstić information content (AvgIpc) is 2.71. The molecule has 0 amide bonds. The fourth-order valence-electron chi connectivity index (χ4n) is 2.69. The third-order valence-electron chi connectivity index (χ3n) is 4.21. The summed E-state index contributed by atoms with van der Waals surface area (Å²) in [4.78, 5) is 0. The first kappa shape index (κ1) is 23.4. The summed E-state index contributed by atoms with van der Waals surface area (Å²) in [5.41, 5.74) is 2.11. The van der Waals surface area contributed by atoms with Gasteiger partial charge in [0.2, 0.25) is 0 Å². The van der Waals surface area contributed by atoms with E-state index in [9.17, 15) is 4.57 Å². The van der Waals surface area contributed by atoms with Crippen LogP contribution >= 0.6 is 55.6 Å². The molecular weight excluding hydrogens is 599 g/mol. The molecule has 0 fully saturated rings. The largest absolute Gasteiger partial charge is 0.647 e. The van der Waals surface area contributed by atoms with Gasteiger partial charge >= 0.3 is 7.82 Å². The molecule has 8 heteroatoms. The van der Waals surface area contributed by atoms with Crippen molar-refractivity contribution in [1.29, 1.82) is 0 Å². The Morgan fingerprint density at radius 3 is 1.63 bits per heavy atom. The summed E-state index contributed by atoms with van der Waals surface area (Å²) in [6, 6.07) is 18.3. The highest BCUT2D eigenvalue weighted by Crippen LogP contribution is 2.53. The third-order valence-corrected chi connectivity index (χ3v) is 7.12. The molecule has 4 nitrogen and oxygen atoms in total. The molecule has 0 N–H and O–H groups in total. The Labute approximate surface area is 201 Å². The number of hydrogen-bond acceptors (Lipinski definition) is 4. The van der Waals surface area contributed by atoms with Gasteiger partial charge in [-0.1, -0.05) is 54.0 Å². The average molecular weight is 619 g/mol. The van der Waals surface area contributed by atoms with E-state index in [4.69, 9.17) is 13.6 Å². The van der Waals surface area contributed by atoms with Crippen LogP contribution in [0.4, 0.5) is 0 Å². The van der Waals surface area contributed by atoms with Crippen molar-refractivity contribution in [2.45, 2.75) is 26.7 Å². The lowest BCUT2D eigenvalue weighted by Gasteiger charge is -2.21. The van der Waals surface area contributed by atoms with Gasteiger partial charge in [0, 0.05) is 4.47 Å². The van der Waals surface area contributed by atoms with Gasteiger partial charge in [0.25, 0.3) is 0 Å². The minimum atomic E-state index is -4.09. The molecule has 3 aromatic rings. The lowest BCUT2D eigenvalue weighted by atomic mass is 10.2. The van der Waals surface area contributed by atoms with Crippen LogP contribution in [0.1, 0.15) is 25.0 Å². The van der Waals surface area contributed by atoms with Crippen molar-refractivity contribution in [3.63, 3.8) is 0 Å². The van der Waals surface area contributed by atoms with Gasteiger partial charge in [-0.05, 0) is 92.2 Å². The fraction of sp³-hybridized carbons (Fsp3) is 0.182. The number of rotatable bonds is 8. The highest BCUT2D eigenvalue weighted by atomic mass is 79.9. The van der Waals surface area contributed by atoms with Crippen molar-refractivity contribution in [2.24, 2.45) is 0 Å². The first-order valence-corrected chi connectivity index (χ1v) is 13.2. The maximum atomic E-state index is 13.8. The van der Waals surface area contributed by atoms with E-state index in [1.807, 2.05) is 50.2 Å². The van der Waals surface area contributed by atoms with E-state index in [1.165, 1.54) is 0 Å². The lowest BCUT2D eigenvalue weighted by Crippen LogP contribution is -2.08. The van der Waals surface area contributed by atoms with Gasteiger partial charge in [0.15, 0.2) is 5.75 Å². The number of phosphoric ester groups is 1. The molecule has 0 unspecified atom stereocenters. The highest BCUT2D eigenvalue weighted by Gasteiger charge is 2.35. The van der Waals surface area contributed by atoms with Crippen molar-refractivity contribution in [3.05, 3.63) is 85.2 Å². The van der Waals surface area contributed by atoms with Crippen LogP contribution in [0, 0.1) is 0 Å². The quantitative estimate of drug-likeness (QED) is 0.237. The molecule has 0 atom stereocenters. The summed E-state index contributed by atoms with van der Waals surface area (Å²) in [7, 11) is -4.09. The Bertz CT molecular complexity index is 1010. The van der Waals surface area contributed by atoms with Crippen molar-refractivity contribution < 1.29 is 18.1 Å². The summed E-state index contributed by atoms with van der Waals surface area (Å²) in [6.45, 7) is 4.08.